The van der Waals surface area contributed by atoms with Crippen LogP contribution < -0.4 is 0 Å². The first-order valence-corrected chi connectivity index (χ1v) is 10.5. The van der Waals surface area contributed by atoms with Crippen LogP contribution in [0.2, 0.25) is 18.1 Å². The van der Waals surface area contributed by atoms with E-state index in [1.807, 2.05) is 30.3 Å². The molecule has 1 fully saturated rings. The van der Waals surface area contributed by atoms with Crippen LogP contribution in [0.3, 0.4) is 0 Å². The highest BCUT2D eigenvalue weighted by Gasteiger charge is 2.40. The lowest BCUT2D eigenvalue weighted by atomic mass is 10.1. The minimum atomic E-state index is -1.79. The highest BCUT2D eigenvalue weighted by molar-refractivity contribution is 6.74. The van der Waals surface area contributed by atoms with Gasteiger partial charge in [0.2, 0.25) is 0 Å². The summed E-state index contributed by atoms with van der Waals surface area (Å²) in [6, 6.07) is 9.71. The van der Waals surface area contributed by atoms with Crippen molar-refractivity contribution in [2.24, 2.45) is 0 Å². The van der Waals surface area contributed by atoms with Crippen LogP contribution in [0, 0.1) is 0 Å². The molecule has 0 N–H and O–H groups in total. The second-order valence-electron chi connectivity index (χ2n) is 7.29. The van der Waals surface area contributed by atoms with Crippen LogP contribution in [0.5, 0.6) is 0 Å². The monoisotopic (exact) mass is 306 g/mol. The second kappa shape index (κ2) is 6.03. The molecule has 0 saturated carbocycles. The van der Waals surface area contributed by atoms with Crippen LogP contribution >= 0.6 is 0 Å². The van der Waals surface area contributed by atoms with Gasteiger partial charge in [0.05, 0.1) is 12.7 Å². The maximum Gasteiger partial charge on any atom is 0.192 e. The van der Waals surface area contributed by atoms with Gasteiger partial charge in [0.25, 0.3) is 0 Å². The molecule has 3 nitrogen and oxygen atoms in total. The Hall–Kier alpha value is -0.973. The Bertz CT molecular complexity index is 491. The summed E-state index contributed by atoms with van der Waals surface area (Å²) in [7, 11) is -1.79. The van der Waals surface area contributed by atoms with E-state index in [0.29, 0.717) is 13.0 Å². The first kappa shape index (κ1) is 16.4. The average molecular weight is 306 g/mol. The minimum Gasteiger partial charge on any atom is -0.414 e. The zero-order chi connectivity index (χ0) is 15.7. The molecule has 1 saturated heterocycles. The largest absolute Gasteiger partial charge is 0.414 e. The SMILES string of the molecule is CC(C)(C)[Si](C)(C)OC[C@@H]1CC(=O)[C@@H](c2ccccc2)O1. The third-order valence-electron chi connectivity index (χ3n) is 4.59. The lowest BCUT2D eigenvalue weighted by molar-refractivity contribution is -0.122. The first-order valence-electron chi connectivity index (χ1n) is 7.58. The number of hydrogen-bond acceptors (Lipinski definition) is 3. The van der Waals surface area contributed by atoms with Gasteiger partial charge in [-0.1, -0.05) is 51.1 Å². The van der Waals surface area contributed by atoms with Crippen molar-refractivity contribution >= 4 is 14.1 Å². The maximum atomic E-state index is 12.1. The number of ether oxygens (including phenoxy) is 1. The molecule has 2 atom stereocenters. The number of rotatable bonds is 4. The molecule has 0 amide bonds. The van der Waals surface area contributed by atoms with E-state index in [1.54, 1.807) is 0 Å². The second-order valence-corrected chi connectivity index (χ2v) is 12.1. The Kier molecular flexibility index (Phi) is 4.71. The van der Waals surface area contributed by atoms with E-state index in [-0.39, 0.29) is 16.9 Å². The van der Waals surface area contributed by atoms with Crippen LogP contribution in [0.4, 0.5) is 0 Å². The predicted octanol–water partition coefficient (Wildman–Crippen LogP) is 4.11. The fourth-order valence-corrected chi connectivity index (χ4v) is 3.19. The van der Waals surface area contributed by atoms with Gasteiger partial charge in [-0.05, 0) is 23.7 Å². The van der Waals surface area contributed by atoms with Gasteiger partial charge in [-0.3, -0.25) is 4.79 Å². The summed E-state index contributed by atoms with van der Waals surface area (Å²) < 4.78 is 12.1. The summed E-state index contributed by atoms with van der Waals surface area (Å²) in [5, 5.41) is 0.175. The van der Waals surface area contributed by atoms with Gasteiger partial charge in [-0.2, -0.15) is 0 Å². The molecule has 0 bridgehead atoms. The van der Waals surface area contributed by atoms with Gasteiger partial charge in [0.15, 0.2) is 14.1 Å². The van der Waals surface area contributed by atoms with Crippen molar-refractivity contribution in [2.45, 2.75) is 57.5 Å². The van der Waals surface area contributed by atoms with Crippen molar-refractivity contribution in [1.29, 1.82) is 0 Å². The Labute approximate surface area is 128 Å². The zero-order valence-corrected chi connectivity index (χ0v) is 14.7. The number of carbonyl (C=O) groups is 1. The van der Waals surface area contributed by atoms with Crippen molar-refractivity contribution in [1.82, 2.24) is 0 Å². The Morgan fingerprint density at radius 2 is 1.86 bits per heavy atom. The standard InChI is InChI=1S/C17H26O3Si/c1-17(2,3)21(4,5)19-12-14-11-15(18)16(20-14)13-9-7-6-8-10-13/h6-10,14,16H,11-12H2,1-5H3/t14-,16+/m0/s1. The van der Waals surface area contributed by atoms with E-state index in [1.165, 1.54) is 0 Å². The molecule has 0 aliphatic carbocycles. The third kappa shape index (κ3) is 3.81. The van der Waals surface area contributed by atoms with Crippen molar-refractivity contribution in [3.8, 4) is 0 Å². The fraction of sp³-hybridized carbons (Fsp3) is 0.588. The first-order chi connectivity index (χ1) is 9.71. The summed E-state index contributed by atoms with van der Waals surface area (Å²) in [6.45, 7) is 11.6. The topological polar surface area (TPSA) is 35.5 Å². The van der Waals surface area contributed by atoms with Crippen LogP contribution in [0.15, 0.2) is 30.3 Å². The number of benzene rings is 1. The lowest BCUT2D eigenvalue weighted by Gasteiger charge is -2.36. The molecule has 1 aliphatic rings. The van der Waals surface area contributed by atoms with E-state index in [4.69, 9.17) is 9.16 Å². The average Bonchev–Trinajstić information content (AvgIpc) is 2.78. The molecule has 0 unspecified atom stereocenters. The molecule has 0 aromatic heterocycles. The Morgan fingerprint density at radius 3 is 2.43 bits per heavy atom. The summed E-state index contributed by atoms with van der Waals surface area (Å²) in [6.07, 6.45) is -0.0789. The number of ketones is 1. The molecule has 1 aromatic carbocycles. The van der Waals surface area contributed by atoms with Gasteiger partial charge in [0.1, 0.15) is 6.10 Å². The molecule has 1 aromatic rings. The molecule has 0 spiro atoms. The molecule has 1 heterocycles. The molecular weight excluding hydrogens is 280 g/mol. The molecular formula is C17H26O3Si. The summed E-state index contributed by atoms with van der Waals surface area (Å²) >= 11 is 0. The zero-order valence-electron chi connectivity index (χ0n) is 13.7. The summed E-state index contributed by atoms with van der Waals surface area (Å²) in [5.74, 6) is 0.157. The molecule has 21 heavy (non-hydrogen) atoms. The molecule has 2 rings (SSSR count). The fourth-order valence-electron chi connectivity index (χ4n) is 2.16. The quantitative estimate of drug-likeness (QED) is 0.785. The molecule has 1 aliphatic heterocycles. The van der Waals surface area contributed by atoms with Crippen LogP contribution in [0.25, 0.3) is 0 Å². The van der Waals surface area contributed by atoms with E-state index >= 15 is 0 Å². The van der Waals surface area contributed by atoms with Crippen LogP contribution in [-0.4, -0.2) is 26.8 Å². The minimum absolute atomic E-state index is 0.114. The van der Waals surface area contributed by atoms with Gasteiger partial charge in [-0.25, -0.2) is 0 Å². The van der Waals surface area contributed by atoms with Crippen molar-refractivity contribution < 1.29 is 14.0 Å². The number of Topliss-reactive ketones (excluding diaryl/α,β-unsaturated/α-hetero) is 1. The maximum absolute atomic E-state index is 12.1. The number of hydrogen-bond donors (Lipinski definition) is 0. The summed E-state index contributed by atoms with van der Waals surface area (Å²) in [4.78, 5) is 12.1. The molecule has 4 heteroatoms. The van der Waals surface area contributed by atoms with Gasteiger partial charge >= 0.3 is 0 Å². The Morgan fingerprint density at radius 1 is 1.24 bits per heavy atom. The molecule has 0 radical (unpaired) electrons. The van der Waals surface area contributed by atoms with E-state index in [2.05, 4.69) is 33.9 Å². The highest BCUT2D eigenvalue weighted by Crippen LogP contribution is 2.37. The van der Waals surface area contributed by atoms with Gasteiger partial charge in [-0.15, -0.1) is 0 Å². The van der Waals surface area contributed by atoms with E-state index in [9.17, 15) is 4.79 Å². The van der Waals surface area contributed by atoms with Crippen molar-refractivity contribution in [3.05, 3.63) is 35.9 Å². The normalized spacial score (nSPS) is 23.6. The lowest BCUT2D eigenvalue weighted by Crippen LogP contribution is -2.42. The Balaban J connectivity index is 1.95. The predicted molar refractivity (Wildman–Crippen MR) is 86.8 cm³/mol. The summed E-state index contributed by atoms with van der Waals surface area (Å²) in [5.41, 5.74) is 0.942. The highest BCUT2D eigenvalue weighted by atomic mass is 28.4. The van der Waals surface area contributed by atoms with Crippen molar-refractivity contribution in [3.63, 3.8) is 0 Å². The van der Waals surface area contributed by atoms with Gasteiger partial charge in [0, 0.05) is 6.42 Å². The van der Waals surface area contributed by atoms with Crippen LogP contribution in [0.1, 0.15) is 38.9 Å². The van der Waals surface area contributed by atoms with Crippen molar-refractivity contribution in [2.75, 3.05) is 6.61 Å². The van der Waals surface area contributed by atoms with Gasteiger partial charge < -0.3 is 9.16 Å². The van der Waals surface area contributed by atoms with E-state index < -0.39 is 14.4 Å². The number of carbonyl (C=O) groups excluding carboxylic acids is 1. The third-order valence-corrected chi connectivity index (χ3v) is 9.09. The smallest absolute Gasteiger partial charge is 0.192 e. The van der Waals surface area contributed by atoms with E-state index in [0.717, 1.165) is 5.56 Å². The molecule has 116 valence electrons. The van der Waals surface area contributed by atoms with Crippen LogP contribution in [-0.2, 0) is 14.0 Å².